The highest BCUT2D eigenvalue weighted by atomic mass is 19.3. The minimum Gasteiger partial charge on any atom is -0.381 e. The van der Waals surface area contributed by atoms with Crippen LogP contribution in [0.4, 0.5) is 23.2 Å². The minimum atomic E-state index is -4.15. The number of benzene rings is 2. The van der Waals surface area contributed by atoms with E-state index >= 15 is 8.78 Å². The molecule has 0 spiro atoms. The van der Waals surface area contributed by atoms with Crippen molar-refractivity contribution in [1.82, 2.24) is 4.90 Å². The zero-order valence-electron chi connectivity index (χ0n) is 18.2. The van der Waals surface area contributed by atoms with Crippen LogP contribution in [0.3, 0.4) is 0 Å². The largest absolute Gasteiger partial charge is 0.381 e. The first-order chi connectivity index (χ1) is 15.6. The number of piperidine rings is 1. The summed E-state index contributed by atoms with van der Waals surface area (Å²) in [6.07, 6.45) is 2.00. The first-order valence-electron chi connectivity index (χ1n) is 10.7. The predicted molar refractivity (Wildman–Crippen MR) is 113 cm³/mol. The van der Waals surface area contributed by atoms with Crippen LogP contribution in [0.25, 0.3) is 0 Å². The molecule has 9 heteroatoms. The molecule has 2 fully saturated rings. The fourth-order valence-electron chi connectivity index (χ4n) is 4.76. The lowest BCUT2D eigenvalue weighted by Crippen LogP contribution is -2.53. The van der Waals surface area contributed by atoms with Crippen LogP contribution in [0.15, 0.2) is 36.4 Å². The average molecular weight is 464 g/mol. The molecule has 0 radical (unpaired) electrons. The second-order valence-corrected chi connectivity index (χ2v) is 8.61. The zero-order valence-corrected chi connectivity index (χ0v) is 18.2. The topological polar surface area (TPSA) is 58.6 Å². The van der Waals surface area contributed by atoms with Gasteiger partial charge in [-0.1, -0.05) is 0 Å². The number of aryl methyl sites for hydroxylation is 1. The number of nitrogens with zero attached hydrogens (tertiary/aromatic N) is 1. The fourth-order valence-corrected chi connectivity index (χ4v) is 4.76. The van der Waals surface area contributed by atoms with Crippen molar-refractivity contribution < 1.29 is 31.9 Å². The number of hydrogen-bond donors (Lipinski definition) is 1. The molecule has 0 aromatic heterocycles. The minimum absolute atomic E-state index is 0.0981. The number of carbonyl (C=O) groups is 2. The van der Waals surface area contributed by atoms with Gasteiger partial charge in [-0.25, -0.2) is 8.78 Å². The number of fused-ring (bicyclic) bond motifs is 2. The van der Waals surface area contributed by atoms with Crippen molar-refractivity contribution in [3.05, 3.63) is 64.7 Å². The van der Waals surface area contributed by atoms with E-state index in [1.165, 1.54) is 24.0 Å². The Hall–Kier alpha value is -2.94. The highest BCUT2D eigenvalue weighted by molar-refractivity contribution is 6.04. The molecule has 2 heterocycles. The van der Waals surface area contributed by atoms with Gasteiger partial charge in [0.05, 0.1) is 11.7 Å². The highest BCUT2D eigenvalue weighted by Gasteiger charge is 2.53. The number of hydrogen-bond acceptors (Lipinski definition) is 3. The molecule has 2 aliphatic rings. The molecule has 4 rings (SSSR count). The molecule has 2 aromatic rings. The molecule has 2 bridgehead atoms. The summed E-state index contributed by atoms with van der Waals surface area (Å²) < 4.78 is 63.8. The number of amides is 2. The van der Waals surface area contributed by atoms with Gasteiger partial charge in [0.15, 0.2) is 0 Å². The van der Waals surface area contributed by atoms with Crippen LogP contribution in [0, 0.1) is 18.6 Å². The van der Waals surface area contributed by atoms with Crippen molar-refractivity contribution in [3.8, 4) is 0 Å². The molecular weight excluding hydrogens is 440 g/mol. The summed E-state index contributed by atoms with van der Waals surface area (Å²) in [7, 11) is 1.55. The van der Waals surface area contributed by atoms with E-state index in [-0.39, 0.29) is 35.0 Å². The van der Waals surface area contributed by atoms with E-state index in [0.29, 0.717) is 31.7 Å². The molecule has 0 saturated carbocycles. The van der Waals surface area contributed by atoms with Gasteiger partial charge in [-0.2, -0.15) is 8.78 Å². The molecule has 3 atom stereocenters. The van der Waals surface area contributed by atoms with E-state index in [2.05, 4.69) is 5.32 Å². The number of alkyl halides is 2. The summed E-state index contributed by atoms with van der Waals surface area (Å²) in [6.45, 7) is 1.51. The SMILES string of the molecule is COC1C[C@H]2CC[C@@H](C1)N2C(=O)C(F)(F)c1cc(C(=O)Nc2ccc(F)c(C)c2)ccc1F. The molecule has 1 N–H and O–H groups in total. The first-order valence-corrected chi connectivity index (χ1v) is 10.7. The molecule has 176 valence electrons. The molecule has 2 aromatic carbocycles. The van der Waals surface area contributed by atoms with Crippen LogP contribution in [0.1, 0.15) is 47.2 Å². The molecule has 1 unspecified atom stereocenters. The number of carbonyl (C=O) groups excluding carboxylic acids is 2. The number of nitrogens with one attached hydrogen (secondary N) is 1. The summed E-state index contributed by atoms with van der Waals surface area (Å²) in [5, 5.41) is 2.47. The van der Waals surface area contributed by atoms with E-state index in [1.807, 2.05) is 0 Å². The first kappa shape index (κ1) is 23.2. The summed E-state index contributed by atoms with van der Waals surface area (Å²) in [6, 6.07) is 5.59. The van der Waals surface area contributed by atoms with E-state index in [4.69, 9.17) is 4.74 Å². The van der Waals surface area contributed by atoms with E-state index in [9.17, 15) is 18.4 Å². The normalized spacial score (nSPS) is 22.4. The third-order valence-electron chi connectivity index (χ3n) is 6.51. The predicted octanol–water partition coefficient (Wildman–Crippen LogP) is 4.79. The van der Waals surface area contributed by atoms with Gasteiger partial charge in [-0.05, 0) is 74.6 Å². The van der Waals surface area contributed by atoms with Crippen LogP contribution in [0.2, 0.25) is 0 Å². The lowest BCUT2D eigenvalue weighted by molar-refractivity contribution is -0.166. The Morgan fingerprint density at radius 2 is 1.67 bits per heavy atom. The number of rotatable bonds is 5. The van der Waals surface area contributed by atoms with Crippen molar-refractivity contribution in [1.29, 1.82) is 0 Å². The van der Waals surface area contributed by atoms with Crippen molar-refractivity contribution in [2.75, 3.05) is 12.4 Å². The van der Waals surface area contributed by atoms with Crippen molar-refractivity contribution in [2.24, 2.45) is 0 Å². The Morgan fingerprint density at radius 3 is 2.27 bits per heavy atom. The molecule has 2 aliphatic heterocycles. The fraction of sp³-hybridized carbons (Fsp3) is 0.417. The summed E-state index contributed by atoms with van der Waals surface area (Å²) in [5.74, 6) is -8.13. The van der Waals surface area contributed by atoms with Crippen molar-refractivity contribution in [3.63, 3.8) is 0 Å². The third-order valence-corrected chi connectivity index (χ3v) is 6.51. The van der Waals surface area contributed by atoms with Gasteiger partial charge < -0.3 is 15.0 Å². The van der Waals surface area contributed by atoms with Gasteiger partial charge >= 0.3 is 5.92 Å². The van der Waals surface area contributed by atoms with Gasteiger partial charge in [-0.3, -0.25) is 9.59 Å². The third kappa shape index (κ3) is 4.34. The van der Waals surface area contributed by atoms with Crippen molar-refractivity contribution >= 4 is 17.5 Å². The van der Waals surface area contributed by atoms with Crippen LogP contribution in [-0.2, 0) is 15.5 Å². The lowest BCUT2D eigenvalue weighted by atomic mass is 9.96. The van der Waals surface area contributed by atoms with Crippen LogP contribution in [0.5, 0.6) is 0 Å². The molecular formula is C24H24F4N2O3. The van der Waals surface area contributed by atoms with Gasteiger partial charge in [0.25, 0.3) is 11.8 Å². The van der Waals surface area contributed by atoms with Gasteiger partial charge in [0, 0.05) is 30.4 Å². The second kappa shape index (κ2) is 8.78. The molecule has 2 saturated heterocycles. The van der Waals surface area contributed by atoms with Crippen LogP contribution < -0.4 is 5.32 Å². The smallest absolute Gasteiger partial charge is 0.352 e. The Balaban J connectivity index is 1.58. The maximum Gasteiger partial charge on any atom is 0.352 e. The Kier molecular flexibility index (Phi) is 6.18. The maximum atomic E-state index is 15.3. The molecule has 0 aliphatic carbocycles. The van der Waals surface area contributed by atoms with Crippen LogP contribution >= 0.6 is 0 Å². The van der Waals surface area contributed by atoms with Gasteiger partial charge in [-0.15, -0.1) is 0 Å². The monoisotopic (exact) mass is 464 g/mol. The van der Waals surface area contributed by atoms with Gasteiger partial charge in [0.2, 0.25) is 0 Å². The molecule has 33 heavy (non-hydrogen) atoms. The van der Waals surface area contributed by atoms with E-state index < -0.39 is 34.9 Å². The maximum absolute atomic E-state index is 15.3. The Bertz CT molecular complexity index is 1080. The quantitative estimate of drug-likeness (QED) is 0.648. The summed E-state index contributed by atoms with van der Waals surface area (Å²) in [5.41, 5.74) is -0.854. The average Bonchev–Trinajstić information content (AvgIpc) is 3.04. The lowest BCUT2D eigenvalue weighted by Gasteiger charge is -2.40. The number of methoxy groups -OCH3 is 1. The summed E-state index contributed by atoms with van der Waals surface area (Å²) >= 11 is 0. The second-order valence-electron chi connectivity index (χ2n) is 8.61. The molecule has 2 amide bonds. The zero-order chi connectivity index (χ0) is 23.9. The highest BCUT2D eigenvalue weighted by Crippen LogP contribution is 2.42. The Morgan fingerprint density at radius 1 is 1.03 bits per heavy atom. The standard InChI is InChI=1S/C24H24F4N2O3/c1-13-9-15(4-8-20(13)25)29-22(31)14-3-7-21(26)19(10-14)24(27,28)23(32)30-16-5-6-17(30)12-18(11-16)33-2/h3-4,7-10,16-18H,5-6,11-12H2,1-2H3,(H,29,31)/t16-,17+,18?. The van der Waals surface area contributed by atoms with Crippen LogP contribution in [-0.4, -0.2) is 42.0 Å². The van der Waals surface area contributed by atoms with Crippen molar-refractivity contribution in [2.45, 2.75) is 56.7 Å². The number of anilines is 1. The van der Waals surface area contributed by atoms with Gasteiger partial charge in [0.1, 0.15) is 11.6 Å². The molecule has 5 nitrogen and oxygen atoms in total. The van der Waals surface area contributed by atoms with E-state index in [0.717, 1.165) is 18.2 Å². The number of ether oxygens (including phenoxy) is 1. The summed E-state index contributed by atoms with van der Waals surface area (Å²) in [4.78, 5) is 26.6. The number of halogens is 4. The van der Waals surface area contributed by atoms with E-state index in [1.54, 1.807) is 7.11 Å². The Labute approximate surface area is 188 Å².